The zero-order valence-electron chi connectivity index (χ0n) is 13.1. The number of aromatic nitrogens is 1. The van der Waals surface area contributed by atoms with Crippen LogP contribution < -0.4 is 9.46 Å². The van der Waals surface area contributed by atoms with Crippen LogP contribution in [-0.2, 0) is 0 Å². The molecule has 26 heavy (non-hydrogen) atoms. The van der Waals surface area contributed by atoms with Gasteiger partial charge in [0.25, 0.3) is 0 Å². The van der Waals surface area contributed by atoms with E-state index in [1.165, 1.54) is 24.2 Å². The number of hydrogen-bond acceptors (Lipinski definition) is 5. The Morgan fingerprint density at radius 3 is 2.54 bits per heavy atom. The highest BCUT2D eigenvalue weighted by molar-refractivity contribution is 8.00. The molecule has 132 valence electrons. The minimum Gasteiger partial charge on any atom is -0.478 e. The maximum Gasteiger partial charge on any atom is 0.339 e. The molecule has 8 heteroatoms. The van der Waals surface area contributed by atoms with Crippen LogP contribution in [0.25, 0.3) is 0 Å². The number of nitrogens with zero attached hydrogens (tertiary/aromatic N) is 1. The average Bonchev–Trinajstić information content (AvgIpc) is 2.63. The standard InChI is InChI=1S/C18H12Cl2N2O3S/c19-11-5-7-13(8-6-11)26-22-15-9-12(20)10-21-17(15)25-16-4-2-1-3-14(16)18(23)24/h1-10,22H,(H,23,24). The van der Waals surface area contributed by atoms with Crippen LogP contribution in [0.15, 0.2) is 65.7 Å². The van der Waals surface area contributed by atoms with Gasteiger partial charge < -0.3 is 14.6 Å². The number of para-hydroxylation sites is 1. The molecule has 0 aliphatic rings. The molecule has 1 aromatic heterocycles. The van der Waals surface area contributed by atoms with Crippen LogP contribution in [0.1, 0.15) is 10.4 Å². The Morgan fingerprint density at radius 2 is 1.81 bits per heavy atom. The van der Waals surface area contributed by atoms with E-state index >= 15 is 0 Å². The summed E-state index contributed by atoms with van der Waals surface area (Å²) in [6.45, 7) is 0. The number of anilines is 1. The van der Waals surface area contributed by atoms with Crippen molar-refractivity contribution in [1.82, 2.24) is 4.98 Å². The lowest BCUT2D eigenvalue weighted by molar-refractivity contribution is 0.0694. The average molecular weight is 407 g/mol. The van der Waals surface area contributed by atoms with Gasteiger partial charge in [0, 0.05) is 16.1 Å². The first-order chi connectivity index (χ1) is 12.5. The van der Waals surface area contributed by atoms with Crippen LogP contribution in [0.2, 0.25) is 10.0 Å². The van der Waals surface area contributed by atoms with Gasteiger partial charge in [-0.05, 0) is 54.4 Å². The van der Waals surface area contributed by atoms with Crippen LogP contribution in [0.4, 0.5) is 5.69 Å². The van der Waals surface area contributed by atoms with E-state index in [0.717, 1.165) is 4.90 Å². The number of halogens is 2. The zero-order chi connectivity index (χ0) is 18.5. The SMILES string of the molecule is O=C(O)c1ccccc1Oc1ncc(Cl)cc1NSc1ccc(Cl)cc1. The van der Waals surface area contributed by atoms with Gasteiger partial charge in [-0.1, -0.05) is 35.3 Å². The van der Waals surface area contributed by atoms with Crippen LogP contribution in [0.3, 0.4) is 0 Å². The predicted octanol–water partition coefficient (Wildman–Crippen LogP) is 6.00. The number of ether oxygens (including phenoxy) is 1. The lowest BCUT2D eigenvalue weighted by Crippen LogP contribution is -2.01. The second-order valence-corrected chi connectivity index (χ2v) is 6.82. The van der Waals surface area contributed by atoms with Crippen molar-refractivity contribution in [3.63, 3.8) is 0 Å². The van der Waals surface area contributed by atoms with Crippen molar-refractivity contribution < 1.29 is 14.6 Å². The molecule has 0 radical (unpaired) electrons. The molecule has 0 unspecified atom stereocenters. The summed E-state index contributed by atoms with van der Waals surface area (Å²) in [5, 5.41) is 10.3. The molecule has 2 aromatic carbocycles. The number of benzene rings is 2. The number of pyridine rings is 1. The van der Waals surface area contributed by atoms with E-state index in [1.54, 1.807) is 36.4 Å². The highest BCUT2D eigenvalue weighted by Gasteiger charge is 2.14. The second kappa shape index (κ2) is 8.31. The molecule has 5 nitrogen and oxygen atoms in total. The van der Waals surface area contributed by atoms with E-state index in [1.807, 2.05) is 12.1 Å². The van der Waals surface area contributed by atoms with E-state index in [2.05, 4.69) is 9.71 Å². The number of carbonyl (C=O) groups is 1. The summed E-state index contributed by atoms with van der Waals surface area (Å²) in [6.07, 6.45) is 1.43. The van der Waals surface area contributed by atoms with Gasteiger partial charge in [-0.15, -0.1) is 0 Å². The summed E-state index contributed by atoms with van der Waals surface area (Å²) in [6, 6.07) is 15.3. The third-order valence-electron chi connectivity index (χ3n) is 3.23. The maximum absolute atomic E-state index is 11.3. The number of carboxylic acid groups (broad SMARTS) is 1. The predicted molar refractivity (Wildman–Crippen MR) is 104 cm³/mol. The Bertz CT molecular complexity index is 936. The van der Waals surface area contributed by atoms with Gasteiger partial charge in [0.05, 0.1) is 5.02 Å². The highest BCUT2D eigenvalue weighted by Crippen LogP contribution is 2.34. The van der Waals surface area contributed by atoms with Crippen LogP contribution in [0.5, 0.6) is 11.6 Å². The quantitative estimate of drug-likeness (QED) is 0.489. The van der Waals surface area contributed by atoms with Crippen molar-refractivity contribution in [3.8, 4) is 11.6 Å². The summed E-state index contributed by atoms with van der Waals surface area (Å²) >= 11 is 13.2. The Kier molecular flexibility index (Phi) is 5.88. The molecule has 0 spiro atoms. The molecule has 3 aromatic rings. The fourth-order valence-corrected chi connectivity index (χ4v) is 2.96. The third kappa shape index (κ3) is 4.60. The van der Waals surface area contributed by atoms with Crippen LogP contribution in [0, 0.1) is 0 Å². The van der Waals surface area contributed by atoms with Crippen LogP contribution in [-0.4, -0.2) is 16.1 Å². The first-order valence-electron chi connectivity index (χ1n) is 7.37. The molecular weight excluding hydrogens is 395 g/mol. The Balaban J connectivity index is 1.84. The molecule has 0 aliphatic heterocycles. The monoisotopic (exact) mass is 406 g/mol. The lowest BCUT2D eigenvalue weighted by atomic mass is 10.2. The molecule has 0 bridgehead atoms. The largest absolute Gasteiger partial charge is 0.478 e. The van der Waals surface area contributed by atoms with Gasteiger partial charge in [-0.25, -0.2) is 9.78 Å². The minimum absolute atomic E-state index is 0.0422. The van der Waals surface area contributed by atoms with E-state index in [-0.39, 0.29) is 17.2 Å². The van der Waals surface area contributed by atoms with Gasteiger partial charge >= 0.3 is 5.97 Å². The Labute approximate surface area is 164 Å². The smallest absolute Gasteiger partial charge is 0.339 e. The van der Waals surface area contributed by atoms with Crippen molar-refractivity contribution in [2.24, 2.45) is 0 Å². The molecule has 0 aliphatic carbocycles. The molecule has 2 N–H and O–H groups in total. The Hall–Kier alpha value is -2.41. The number of rotatable bonds is 6. The summed E-state index contributed by atoms with van der Waals surface area (Å²) in [5.41, 5.74) is 0.554. The molecular formula is C18H12Cl2N2O3S. The number of aromatic carboxylic acids is 1. The first-order valence-corrected chi connectivity index (χ1v) is 8.94. The minimum atomic E-state index is -1.08. The van der Waals surface area contributed by atoms with Crippen molar-refractivity contribution >= 4 is 46.8 Å². The van der Waals surface area contributed by atoms with E-state index in [9.17, 15) is 9.90 Å². The van der Waals surface area contributed by atoms with Crippen molar-refractivity contribution in [3.05, 3.63) is 76.4 Å². The van der Waals surface area contributed by atoms with Gasteiger partial charge in [-0.3, -0.25) is 0 Å². The molecule has 1 heterocycles. The van der Waals surface area contributed by atoms with Crippen molar-refractivity contribution in [2.75, 3.05) is 4.72 Å². The second-order valence-electron chi connectivity index (χ2n) is 5.07. The Morgan fingerprint density at radius 1 is 1.08 bits per heavy atom. The molecule has 3 rings (SSSR count). The summed E-state index contributed by atoms with van der Waals surface area (Å²) in [5.74, 6) is -0.682. The topological polar surface area (TPSA) is 71.5 Å². The van der Waals surface area contributed by atoms with E-state index < -0.39 is 5.97 Å². The summed E-state index contributed by atoms with van der Waals surface area (Å²) < 4.78 is 8.83. The molecule has 0 fully saturated rings. The van der Waals surface area contributed by atoms with Crippen molar-refractivity contribution in [1.29, 1.82) is 0 Å². The number of hydrogen-bond donors (Lipinski definition) is 2. The normalized spacial score (nSPS) is 10.4. The van der Waals surface area contributed by atoms with E-state index in [0.29, 0.717) is 15.7 Å². The molecule has 0 atom stereocenters. The van der Waals surface area contributed by atoms with E-state index in [4.69, 9.17) is 27.9 Å². The van der Waals surface area contributed by atoms with Crippen LogP contribution >= 0.6 is 35.1 Å². The maximum atomic E-state index is 11.3. The van der Waals surface area contributed by atoms with Gasteiger partial charge in [0.2, 0.25) is 5.88 Å². The number of nitrogens with one attached hydrogen (secondary N) is 1. The first kappa shape index (κ1) is 18.4. The molecule has 0 amide bonds. The third-order valence-corrected chi connectivity index (χ3v) is 4.52. The van der Waals surface area contributed by atoms with Gasteiger partial charge in [-0.2, -0.15) is 0 Å². The summed E-state index contributed by atoms with van der Waals surface area (Å²) in [7, 11) is 0. The zero-order valence-corrected chi connectivity index (χ0v) is 15.5. The fourth-order valence-electron chi connectivity index (χ4n) is 2.03. The number of carboxylic acids is 1. The van der Waals surface area contributed by atoms with Gasteiger partial charge in [0.15, 0.2) is 0 Å². The highest BCUT2D eigenvalue weighted by atomic mass is 35.5. The van der Waals surface area contributed by atoms with Gasteiger partial charge in [0.1, 0.15) is 17.0 Å². The van der Waals surface area contributed by atoms with Crippen molar-refractivity contribution in [2.45, 2.75) is 4.90 Å². The lowest BCUT2D eigenvalue weighted by Gasteiger charge is -2.13. The molecule has 0 saturated carbocycles. The molecule has 0 saturated heterocycles. The summed E-state index contributed by atoms with van der Waals surface area (Å²) in [4.78, 5) is 16.4. The fraction of sp³-hybridized carbons (Fsp3) is 0.